The first-order valence-electron chi connectivity index (χ1n) is 6.47. The first-order valence-corrected chi connectivity index (χ1v) is 7.26. The first kappa shape index (κ1) is 15.1. The molecule has 0 bridgehead atoms. The Kier molecular flexibility index (Phi) is 5.25. The van der Waals surface area contributed by atoms with Crippen LogP contribution in [0.5, 0.6) is 11.5 Å². The summed E-state index contributed by atoms with van der Waals surface area (Å²) in [6, 6.07) is 3.42. The van der Waals surface area contributed by atoms with Gasteiger partial charge < -0.3 is 19.5 Å². The highest BCUT2D eigenvalue weighted by molar-refractivity contribution is 9.10. The number of halogens is 1. The molecule has 1 fully saturated rings. The van der Waals surface area contributed by atoms with Crippen molar-refractivity contribution in [1.82, 2.24) is 5.32 Å². The molecule has 5 nitrogen and oxygen atoms in total. The standard InChI is InChI=1S/C14H18BrNO4/c1-18-10-6-11(13(19-2)12(15)7-10)14(17)16-8-9-4-3-5-20-9/h6-7,9H,3-5,8H2,1-2H3,(H,16,17)/t9-/m1/s1. The van der Waals surface area contributed by atoms with Crippen LogP contribution in [0.25, 0.3) is 0 Å². The normalized spacial score (nSPS) is 17.9. The van der Waals surface area contributed by atoms with Gasteiger partial charge in [-0.2, -0.15) is 0 Å². The maximum absolute atomic E-state index is 12.3. The smallest absolute Gasteiger partial charge is 0.255 e. The topological polar surface area (TPSA) is 56.8 Å². The number of carbonyl (C=O) groups excluding carboxylic acids is 1. The fourth-order valence-corrected chi connectivity index (χ4v) is 2.77. The third-order valence-electron chi connectivity index (χ3n) is 3.22. The lowest BCUT2D eigenvalue weighted by Gasteiger charge is -2.14. The highest BCUT2D eigenvalue weighted by Crippen LogP contribution is 2.33. The Morgan fingerprint density at radius 1 is 1.45 bits per heavy atom. The third-order valence-corrected chi connectivity index (χ3v) is 3.80. The summed E-state index contributed by atoms with van der Waals surface area (Å²) >= 11 is 3.37. The van der Waals surface area contributed by atoms with Crippen molar-refractivity contribution in [3.63, 3.8) is 0 Å². The third kappa shape index (κ3) is 3.43. The van der Waals surface area contributed by atoms with Gasteiger partial charge in [0.2, 0.25) is 0 Å². The molecule has 6 heteroatoms. The molecular weight excluding hydrogens is 326 g/mol. The molecule has 1 aliphatic rings. The second-order valence-electron chi connectivity index (χ2n) is 4.54. The van der Waals surface area contributed by atoms with Gasteiger partial charge in [-0.3, -0.25) is 4.79 Å². The minimum absolute atomic E-state index is 0.110. The van der Waals surface area contributed by atoms with E-state index in [0.717, 1.165) is 19.4 Å². The lowest BCUT2D eigenvalue weighted by molar-refractivity contribution is 0.0855. The van der Waals surface area contributed by atoms with Gasteiger partial charge >= 0.3 is 0 Å². The molecule has 0 aromatic heterocycles. The maximum Gasteiger partial charge on any atom is 0.255 e. The van der Waals surface area contributed by atoms with Crippen molar-refractivity contribution in [3.8, 4) is 11.5 Å². The van der Waals surface area contributed by atoms with Crippen LogP contribution in [0.3, 0.4) is 0 Å². The van der Waals surface area contributed by atoms with Crippen LogP contribution in [0.4, 0.5) is 0 Å². The van der Waals surface area contributed by atoms with Crippen LogP contribution in [0, 0.1) is 0 Å². The van der Waals surface area contributed by atoms with E-state index >= 15 is 0 Å². The van der Waals surface area contributed by atoms with Crippen LogP contribution in [-0.2, 0) is 4.74 Å². The Balaban J connectivity index is 2.12. The lowest BCUT2D eigenvalue weighted by atomic mass is 10.1. The monoisotopic (exact) mass is 343 g/mol. The molecule has 0 saturated carbocycles. The largest absolute Gasteiger partial charge is 0.497 e. The number of carbonyl (C=O) groups is 1. The summed E-state index contributed by atoms with van der Waals surface area (Å²) in [7, 11) is 3.09. The molecule has 1 N–H and O–H groups in total. The van der Waals surface area contributed by atoms with E-state index in [1.165, 1.54) is 7.11 Å². The van der Waals surface area contributed by atoms with Crippen LogP contribution in [0.1, 0.15) is 23.2 Å². The molecule has 1 aromatic rings. The number of hydrogen-bond acceptors (Lipinski definition) is 4. The van der Waals surface area contributed by atoms with Crippen LogP contribution < -0.4 is 14.8 Å². The zero-order valence-corrected chi connectivity index (χ0v) is 13.2. The molecule has 1 amide bonds. The second kappa shape index (κ2) is 6.95. The van der Waals surface area contributed by atoms with E-state index in [9.17, 15) is 4.79 Å². The van der Waals surface area contributed by atoms with Crippen LogP contribution in [0.15, 0.2) is 16.6 Å². The summed E-state index contributed by atoms with van der Waals surface area (Å²) in [4.78, 5) is 12.3. The zero-order chi connectivity index (χ0) is 14.5. The second-order valence-corrected chi connectivity index (χ2v) is 5.39. The molecule has 0 spiro atoms. The van der Waals surface area contributed by atoms with E-state index in [1.54, 1.807) is 19.2 Å². The number of nitrogens with one attached hydrogen (secondary N) is 1. The molecule has 0 radical (unpaired) electrons. The van der Waals surface area contributed by atoms with Crippen molar-refractivity contribution in [2.24, 2.45) is 0 Å². The van der Waals surface area contributed by atoms with E-state index in [2.05, 4.69) is 21.2 Å². The van der Waals surface area contributed by atoms with Gasteiger partial charge in [-0.1, -0.05) is 0 Å². The molecule has 1 aliphatic heterocycles. The minimum Gasteiger partial charge on any atom is -0.497 e. The van der Waals surface area contributed by atoms with E-state index in [4.69, 9.17) is 14.2 Å². The van der Waals surface area contributed by atoms with E-state index in [0.29, 0.717) is 28.1 Å². The minimum atomic E-state index is -0.197. The molecular formula is C14H18BrNO4. The number of rotatable bonds is 5. The van der Waals surface area contributed by atoms with Crippen LogP contribution in [0.2, 0.25) is 0 Å². The van der Waals surface area contributed by atoms with Crippen LogP contribution in [-0.4, -0.2) is 39.4 Å². The summed E-state index contributed by atoms with van der Waals surface area (Å²) in [5.74, 6) is 0.896. The van der Waals surface area contributed by atoms with Gasteiger partial charge in [0.15, 0.2) is 0 Å². The summed E-state index contributed by atoms with van der Waals surface area (Å²) in [6.45, 7) is 1.28. The van der Waals surface area contributed by atoms with Crippen molar-refractivity contribution in [2.75, 3.05) is 27.4 Å². The number of benzene rings is 1. The van der Waals surface area contributed by atoms with Gasteiger partial charge in [-0.05, 0) is 40.9 Å². The first-order chi connectivity index (χ1) is 9.65. The SMILES string of the molecule is COc1cc(Br)c(OC)c(C(=O)NC[C@H]2CCCO2)c1. The summed E-state index contributed by atoms with van der Waals surface area (Å²) in [6.07, 6.45) is 2.15. The number of ether oxygens (including phenoxy) is 3. The van der Waals surface area contributed by atoms with Crippen molar-refractivity contribution < 1.29 is 19.0 Å². The Morgan fingerprint density at radius 3 is 2.85 bits per heavy atom. The van der Waals surface area contributed by atoms with Crippen molar-refractivity contribution in [3.05, 3.63) is 22.2 Å². The number of amides is 1. The van der Waals surface area contributed by atoms with Gasteiger partial charge in [-0.15, -0.1) is 0 Å². The Hall–Kier alpha value is -1.27. The average molecular weight is 344 g/mol. The average Bonchev–Trinajstić information content (AvgIpc) is 2.97. The van der Waals surface area contributed by atoms with Crippen molar-refractivity contribution >= 4 is 21.8 Å². The van der Waals surface area contributed by atoms with Crippen LogP contribution >= 0.6 is 15.9 Å². The molecule has 0 unspecified atom stereocenters. The molecule has 20 heavy (non-hydrogen) atoms. The van der Waals surface area contributed by atoms with Crippen molar-refractivity contribution in [2.45, 2.75) is 18.9 Å². The highest BCUT2D eigenvalue weighted by atomic mass is 79.9. The van der Waals surface area contributed by atoms with E-state index in [1.807, 2.05) is 0 Å². The lowest BCUT2D eigenvalue weighted by Crippen LogP contribution is -2.32. The van der Waals surface area contributed by atoms with Gasteiger partial charge in [0.1, 0.15) is 11.5 Å². The molecule has 1 atom stereocenters. The molecule has 1 heterocycles. The van der Waals surface area contributed by atoms with Gasteiger partial charge in [0.05, 0.1) is 30.4 Å². The quantitative estimate of drug-likeness (QED) is 0.891. The Bertz CT molecular complexity index is 486. The highest BCUT2D eigenvalue weighted by Gasteiger charge is 2.20. The van der Waals surface area contributed by atoms with Gasteiger partial charge in [-0.25, -0.2) is 0 Å². The fourth-order valence-electron chi connectivity index (χ4n) is 2.17. The predicted molar refractivity (Wildman–Crippen MR) is 78.6 cm³/mol. The summed E-state index contributed by atoms with van der Waals surface area (Å²) in [5.41, 5.74) is 0.441. The van der Waals surface area contributed by atoms with E-state index < -0.39 is 0 Å². The Morgan fingerprint density at radius 2 is 2.25 bits per heavy atom. The molecule has 110 valence electrons. The Labute approximate surface area is 126 Å². The fraction of sp³-hybridized carbons (Fsp3) is 0.500. The summed E-state index contributed by atoms with van der Waals surface area (Å²) in [5, 5.41) is 2.87. The van der Waals surface area contributed by atoms with E-state index in [-0.39, 0.29) is 12.0 Å². The maximum atomic E-state index is 12.3. The van der Waals surface area contributed by atoms with Crippen molar-refractivity contribution in [1.29, 1.82) is 0 Å². The number of hydrogen-bond donors (Lipinski definition) is 1. The predicted octanol–water partition coefficient (Wildman–Crippen LogP) is 2.38. The molecule has 2 rings (SSSR count). The zero-order valence-electron chi connectivity index (χ0n) is 11.6. The number of methoxy groups -OCH3 is 2. The molecule has 1 saturated heterocycles. The van der Waals surface area contributed by atoms with Gasteiger partial charge in [0.25, 0.3) is 5.91 Å². The summed E-state index contributed by atoms with van der Waals surface area (Å²) < 4.78 is 16.6. The molecule has 0 aliphatic carbocycles. The molecule has 1 aromatic carbocycles. The van der Waals surface area contributed by atoms with Gasteiger partial charge in [0, 0.05) is 13.2 Å².